The van der Waals surface area contributed by atoms with Crippen molar-refractivity contribution in [2.24, 2.45) is 0 Å². The summed E-state index contributed by atoms with van der Waals surface area (Å²) in [5.41, 5.74) is 1.86. The lowest BCUT2D eigenvalue weighted by Crippen LogP contribution is -2.27. The number of hydrogen-bond donors (Lipinski definition) is 0. The highest BCUT2D eigenvalue weighted by molar-refractivity contribution is 7.89. The average Bonchev–Trinajstić information content (AvgIpc) is 3.16. The first kappa shape index (κ1) is 19.8. The predicted molar refractivity (Wildman–Crippen MR) is 103 cm³/mol. The van der Waals surface area contributed by atoms with Gasteiger partial charge < -0.3 is 14.0 Å². The first-order valence-corrected chi connectivity index (χ1v) is 9.87. The first-order valence-electron chi connectivity index (χ1n) is 8.43. The van der Waals surface area contributed by atoms with Crippen molar-refractivity contribution in [3.8, 4) is 22.9 Å². The van der Waals surface area contributed by atoms with Crippen LogP contribution in [0.1, 0.15) is 11.5 Å². The number of nitrogens with zero attached hydrogens (tertiary/aromatic N) is 3. The van der Waals surface area contributed by atoms with Crippen molar-refractivity contribution >= 4 is 10.0 Å². The van der Waals surface area contributed by atoms with Gasteiger partial charge in [0.15, 0.2) is 0 Å². The van der Waals surface area contributed by atoms with Crippen LogP contribution in [0.4, 0.5) is 0 Å². The maximum atomic E-state index is 13.0. The highest BCUT2D eigenvalue weighted by atomic mass is 32.2. The predicted octanol–water partition coefficient (Wildman–Crippen LogP) is 2.88. The number of hydrogen-bond acceptors (Lipinski definition) is 7. The maximum Gasteiger partial charge on any atom is 0.247 e. The van der Waals surface area contributed by atoms with E-state index in [-0.39, 0.29) is 23.1 Å². The molecule has 0 N–H and O–H groups in total. The molecule has 1 aromatic heterocycles. The molecule has 0 radical (unpaired) electrons. The molecule has 0 atom stereocenters. The van der Waals surface area contributed by atoms with Gasteiger partial charge in [-0.1, -0.05) is 28.9 Å². The summed E-state index contributed by atoms with van der Waals surface area (Å²) >= 11 is 0. The van der Waals surface area contributed by atoms with Crippen LogP contribution < -0.4 is 9.47 Å². The Balaban J connectivity index is 1.86. The highest BCUT2D eigenvalue weighted by Gasteiger charge is 2.27. The highest BCUT2D eigenvalue weighted by Crippen LogP contribution is 2.30. The molecule has 1 heterocycles. The van der Waals surface area contributed by atoms with E-state index in [1.54, 1.807) is 12.1 Å². The first-order chi connectivity index (χ1) is 13.3. The van der Waals surface area contributed by atoms with Gasteiger partial charge in [0, 0.05) is 18.7 Å². The second-order valence-electron chi connectivity index (χ2n) is 6.16. The summed E-state index contributed by atoms with van der Waals surface area (Å²) in [7, 11) is 0.436. The number of ether oxygens (including phenoxy) is 2. The summed E-state index contributed by atoms with van der Waals surface area (Å²) in [6, 6.07) is 12.2. The molecule has 148 valence electrons. The Labute approximate surface area is 163 Å². The summed E-state index contributed by atoms with van der Waals surface area (Å²) in [6.07, 6.45) is 0. The molecular weight excluding hydrogens is 382 g/mol. The molecule has 0 aliphatic carbocycles. The minimum atomic E-state index is -3.87. The number of methoxy groups -OCH3 is 2. The van der Waals surface area contributed by atoms with E-state index < -0.39 is 10.0 Å². The molecule has 0 saturated carbocycles. The van der Waals surface area contributed by atoms with E-state index >= 15 is 0 Å². The Morgan fingerprint density at radius 1 is 1.11 bits per heavy atom. The topological polar surface area (TPSA) is 94.8 Å². The molecule has 0 bridgehead atoms. The summed E-state index contributed by atoms with van der Waals surface area (Å²) in [4.78, 5) is 4.30. The van der Waals surface area contributed by atoms with Crippen molar-refractivity contribution in [2.45, 2.75) is 18.4 Å². The Kier molecular flexibility index (Phi) is 5.66. The monoisotopic (exact) mass is 403 g/mol. The van der Waals surface area contributed by atoms with Crippen molar-refractivity contribution in [3.05, 3.63) is 53.9 Å². The largest absolute Gasteiger partial charge is 0.497 e. The van der Waals surface area contributed by atoms with Gasteiger partial charge >= 0.3 is 0 Å². The Bertz CT molecular complexity index is 1080. The molecule has 3 aromatic rings. The van der Waals surface area contributed by atoms with Crippen molar-refractivity contribution in [3.63, 3.8) is 0 Å². The minimum absolute atomic E-state index is 0.00438. The van der Waals surface area contributed by atoms with Crippen LogP contribution in [0.5, 0.6) is 11.5 Å². The van der Waals surface area contributed by atoms with E-state index in [0.29, 0.717) is 11.6 Å². The SMILES string of the molecule is COc1ccc(OC)c(S(=O)(=O)N(C)Cc2nc(-c3cccc(C)c3)no2)c1. The summed E-state index contributed by atoms with van der Waals surface area (Å²) < 4.78 is 42.7. The van der Waals surface area contributed by atoms with Gasteiger partial charge in [0.25, 0.3) is 0 Å². The molecule has 9 heteroatoms. The van der Waals surface area contributed by atoms with Crippen LogP contribution in [0, 0.1) is 6.92 Å². The number of sulfonamides is 1. The third-order valence-corrected chi connectivity index (χ3v) is 5.99. The third kappa shape index (κ3) is 4.00. The lowest BCUT2D eigenvalue weighted by molar-refractivity contribution is 0.335. The van der Waals surface area contributed by atoms with Gasteiger partial charge in [0.1, 0.15) is 16.4 Å². The number of aryl methyl sites for hydroxylation is 1. The summed E-state index contributed by atoms with van der Waals surface area (Å²) in [5.74, 6) is 1.22. The molecule has 0 amide bonds. The molecule has 0 spiro atoms. The zero-order chi connectivity index (χ0) is 20.3. The summed E-state index contributed by atoms with van der Waals surface area (Å²) in [5, 5.41) is 3.94. The van der Waals surface area contributed by atoms with Crippen LogP contribution in [-0.4, -0.2) is 44.1 Å². The van der Waals surface area contributed by atoms with Crippen LogP contribution in [-0.2, 0) is 16.6 Å². The van der Waals surface area contributed by atoms with Crippen LogP contribution in [0.25, 0.3) is 11.4 Å². The number of rotatable bonds is 7. The van der Waals surface area contributed by atoms with E-state index in [9.17, 15) is 8.42 Å². The molecule has 0 aliphatic rings. The van der Waals surface area contributed by atoms with Crippen LogP contribution >= 0.6 is 0 Å². The van der Waals surface area contributed by atoms with Crippen LogP contribution in [0.3, 0.4) is 0 Å². The zero-order valence-corrected chi connectivity index (χ0v) is 16.9. The molecular formula is C19H21N3O5S. The maximum absolute atomic E-state index is 13.0. The molecule has 0 aliphatic heterocycles. The minimum Gasteiger partial charge on any atom is -0.497 e. The lowest BCUT2D eigenvalue weighted by Gasteiger charge is -2.17. The number of benzene rings is 2. The quantitative estimate of drug-likeness (QED) is 0.599. The van der Waals surface area contributed by atoms with Gasteiger partial charge in [0.05, 0.1) is 20.8 Å². The second-order valence-corrected chi connectivity index (χ2v) is 8.17. The van der Waals surface area contributed by atoms with Crippen molar-refractivity contribution in [1.82, 2.24) is 14.4 Å². The van der Waals surface area contributed by atoms with Gasteiger partial charge in [-0.05, 0) is 25.1 Å². The number of aromatic nitrogens is 2. The van der Waals surface area contributed by atoms with Crippen LogP contribution in [0.15, 0.2) is 51.9 Å². The van der Waals surface area contributed by atoms with E-state index in [2.05, 4.69) is 10.1 Å². The lowest BCUT2D eigenvalue weighted by atomic mass is 10.1. The normalized spacial score (nSPS) is 11.6. The van der Waals surface area contributed by atoms with Gasteiger partial charge in [-0.15, -0.1) is 0 Å². The molecule has 28 heavy (non-hydrogen) atoms. The smallest absolute Gasteiger partial charge is 0.247 e. The third-order valence-electron chi connectivity index (χ3n) is 4.16. The van der Waals surface area contributed by atoms with E-state index in [1.807, 2.05) is 31.2 Å². The van der Waals surface area contributed by atoms with Crippen molar-refractivity contribution in [1.29, 1.82) is 0 Å². The average molecular weight is 403 g/mol. The molecule has 8 nitrogen and oxygen atoms in total. The molecule has 3 rings (SSSR count). The van der Waals surface area contributed by atoms with Gasteiger partial charge in [-0.25, -0.2) is 8.42 Å². The molecule has 2 aromatic carbocycles. The van der Waals surface area contributed by atoms with E-state index in [4.69, 9.17) is 14.0 Å². The van der Waals surface area contributed by atoms with Gasteiger partial charge in [0.2, 0.25) is 21.7 Å². The van der Waals surface area contributed by atoms with Crippen LogP contribution in [0.2, 0.25) is 0 Å². The van der Waals surface area contributed by atoms with E-state index in [0.717, 1.165) is 15.4 Å². The Morgan fingerprint density at radius 2 is 1.89 bits per heavy atom. The molecule has 0 saturated heterocycles. The van der Waals surface area contributed by atoms with Gasteiger partial charge in [-0.3, -0.25) is 0 Å². The molecule has 0 fully saturated rings. The fraction of sp³-hybridized carbons (Fsp3) is 0.263. The van der Waals surface area contributed by atoms with Crippen molar-refractivity contribution < 1.29 is 22.4 Å². The summed E-state index contributed by atoms with van der Waals surface area (Å²) in [6.45, 7) is 1.88. The Morgan fingerprint density at radius 3 is 2.57 bits per heavy atom. The van der Waals surface area contributed by atoms with Gasteiger partial charge in [-0.2, -0.15) is 9.29 Å². The zero-order valence-electron chi connectivity index (χ0n) is 16.0. The standard InChI is InChI=1S/C19H21N3O5S/c1-13-6-5-7-14(10-13)19-20-18(27-21-19)12-22(2)28(23,24)17-11-15(25-3)8-9-16(17)26-4/h5-11H,12H2,1-4H3. The Hall–Kier alpha value is -2.91. The molecule has 0 unspecified atom stereocenters. The second kappa shape index (κ2) is 7.99. The fourth-order valence-corrected chi connectivity index (χ4v) is 3.94. The van der Waals surface area contributed by atoms with Crippen molar-refractivity contribution in [2.75, 3.05) is 21.3 Å². The fourth-order valence-electron chi connectivity index (χ4n) is 2.65. The van der Waals surface area contributed by atoms with E-state index in [1.165, 1.54) is 27.3 Å².